The minimum Gasteiger partial charge on any atom is -0.487 e. The molecule has 6 aromatic rings. The zero-order valence-electron chi connectivity index (χ0n) is 62.0. The monoisotopic (exact) mass is 1460 g/mol. The Labute approximate surface area is 614 Å². The summed E-state index contributed by atoms with van der Waals surface area (Å²) >= 11 is 8.13. The van der Waals surface area contributed by atoms with Gasteiger partial charge in [0.2, 0.25) is 0 Å². The fraction of sp³-hybridized carbons (Fsp3) is 0.725. The van der Waals surface area contributed by atoms with Gasteiger partial charge in [-0.3, -0.25) is 0 Å². The molecule has 0 amide bonds. The lowest BCUT2D eigenvalue weighted by molar-refractivity contribution is -0.0715. The molecule has 4 aliphatic heterocycles. The summed E-state index contributed by atoms with van der Waals surface area (Å²) in [5.41, 5.74) is 2.18. The molecular weight excluding hydrogens is 1340 g/mol. The molecule has 0 saturated heterocycles. The van der Waals surface area contributed by atoms with Crippen molar-refractivity contribution in [3.05, 3.63) is 21.9 Å². The van der Waals surface area contributed by atoms with Gasteiger partial charge in [0.15, 0.2) is 46.0 Å². The van der Waals surface area contributed by atoms with E-state index in [-0.39, 0.29) is 0 Å². The summed E-state index contributed by atoms with van der Waals surface area (Å²) in [5.74, 6) is 8.06. The highest BCUT2D eigenvalue weighted by molar-refractivity contribution is 7.25. The Hall–Kier alpha value is -3.92. The quantitative estimate of drug-likeness (QED) is 0.0335. The first-order valence-electron chi connectivity index (χ1n) is 38.9. The minimum atomic E-state index is -0.599. The number of thiophene rings is 4. The molecule has 0 N–H and O–H groups in total. The number of unbranched alkanes of at least 4 members (excludes halogenated alkanes) is 10. The van der Waals surface area contributed by atoms with E-state index in [1.54, 1.807) is 45.3 Å². The smallest absolute Gasteiger partial charge is 0.181 e. The Morgan fingerprint density at radius 2 is 0.636 bits per heavy atom. The lowest BCUT2D eigenvalue weighted by Crippen LogP contribution is -2.43. The van der Waals surface area contributed by atoms with Crippen molar-refractivity contribution in [3.63, 3.8) is 0 Å². The molecule has 10 rings (SSSR count). The number of rotatable bonds is 46. The van der Waals surface area contributed by atoms with Gasteiger partial charge in [-0.05, 0) is 75.0 Å². The summed E-state index contributed by atoms with van der Waals surface area (Å²) in [7, 11) is 0. The van der Waals surface area contributed by atoms with Gasteiger partial charge in [-0.25, -0.2) is 0 Å². The van der Waals surface area contributed by atoms with Crippen LogP contribution in [0.25, 0.3) is 51.4 Å². The normalized spacial score (nSPS) is 18.6. The van der Waals surface area contributed by atoms with Crippen LogP contribution in [0.1, 0.15) is 233 Å². The van der Waals surface area contributed by atoms with E-state index in [4.69, 9.17) is 65.6 Å². The largest absolute Gasteiger partial charge is 0.487 e. The lowest BCUT2D eigenvalue weighted by Gasteiger charge is -2.32. The van der Waals surface area contributed by atoms with Crippen LogP contribution >= 0.6 is 57.1 Å². The van der Waals surface area contributed by atoms with Gasteiger partial charge >= 0.3 is 0 Å². The summed E-state index contributed by atoms with van der Waals surface area (Å²) in [6, 6.07) is 4.43. The molecule has 9 heterocycles. The molecule has 0 fully saturated rings. The average Bonchev–Trinajstić information content (AvgIpc) is 1.58. The Morgan fingerprint density at radius 3 is 0.949 bits per heavy atom. The van der Waals surface area contributed by atoms with Crippen molar-refractivity contribution in [2.75, 3.05) is 106 Å². The van der Waals surface area contributed by atoms with Crippen molar-refractivity contribution in [2.24, 2.45) is 34.5 Å². The van der Waals surface area contributed by atoms with E-state index in [0.717, 1.165) is 151 Å². The molecule has 4 atom stereocenters. The number of hydrogen-bond donors (Lipinski definition) is 0. The van der Waals surface area contributed by atoms with Crippen LogP contribution in [0.15, 0.2) is 12.1 Å². The van der Waals surface area contributed by atoms with Crippen LogP contribution in [-0.2, 0) is 31.8 Å². The van der Waals surface area contributed by atoms with Crippen LogP contribution in [0, 0.1) is 34.5 Å². The standard InChI is InChI=1S/C80H120N2O12S5/c1-11-21-27-29-35-61-65-67(89-41-39-87-65)75(95-61)77-71-69(91-51-79(53-93-71,47-83-43-55(17-7)31-23-13-3)48-84-44-56(18-8)32-24-14-4)73(97-77)59-37-38-60(64-63(59)81-99-82-64)74-70-72(78(98-74)76-68-66(88-40-42-90-68)62(96-76)36-30-28-22-12-2)94-54-80(52-92-70,49-85-45-57(19-9)33-25-15-5)50-86-46-58(20-10)34-26-16-6/h37-38,55-58H,11-36,39-54H2,1-10H3. The van der Waals surface area contributed by atoms with Gasteiger partial charge < -0.3 is 56.8 Å². The van der Waals surface area contributed by atoms with E-state index in [0.29, 0.717) is 152 Å². The zero-order valence-corrected chi connectivity index (χ0v) is 66.1. The number of benzene rings is 1. The third-order valence-electron chi connectivity index (χ3n) is 20.7. The number of hydrogen-bond acceptors (Lipinski definition) is 19. The maximum atomic E-state index is 7.44. The van der Waals surface area contributed by atoms with Crippen molar-refractivity contribution in [1.29, 1.82) is 0 Å². The van der Waals surface area contributed by atoms with Crippen molar-refractivity contribution in [1.82, 2.24) is 8.75 Å². The second kappa shape index (κ2) is 39.8. The highest BCUT2D eigenvalue weighted by Crippen LogP contribution is 2.63. The molecule has 0 saturated carbocycles. The van der Waals surface area contributed by atoms with Gasteiger partial charge in [-0.2, -0.15) is 8.75 Å². The Balaban J connectivity index is 1.08. The van der Waals surface area contributed by atoms with Gasteiger partial charge in [0.05, 0.1) is 88.0 Å². The fourth-order valence-electron chi connectivity index (χ4n) is 14.0. The van der Waals surface area contributed by atoms with Crippen LogP contribution in [0.3, 0.4) is 0 Å². The maximum Gasteiger partial charge on any atom is 0.181 e. The first-order chi connectivity index (χ1) is 48.6. The molecule has 4 unspecified atom stereocenters. The summed E-state index contributed by atoms with van der Waals surface area (Å²) in [6.45, 7) is 30.7. The first kappa shape index (κ1) is 77.7. The molecule has 0 spiro atoms. The molecule has 552 valence electrons. The van der Waals surface area contributed by atoms with E-state index in [9.17, 15) is 0 Å². The zero-order chi connectivity index (χ0) is 69.4. The highest BCUT2D eigenvalue weighted by Gasteiger charge is 2.44. The third kappa shape index (κ3) is 19.7. The van der Waals surface area contributed by atoms with Crippen LogP contribution in [-0.4, -0.2) is 114 Å². The number of nitrogens with zero attached hydrogens (tertiary/aromatic N) is 2. The van der Waals surface area contributed by atoms with Crippen molar-refractivity contribution in [2.45, 2.75) is 236 Å². The lowest BCUT2D eigenvalue weighted by atomic mass is 9.91. The molecular formula is C80H120N2O12S5. The van der Waals surface area contributed by atoms with Crippen molar-refractivity contribution in [3.8, 4) is 86.4 Å². The number of fused-ring (bicyclic) bond motifs is 5. The van der Waals surface area contributed by atoms with Crippen LogP contribution in [0.5, 0.6) is 46.0 Å². The van der Waals surface area contributed by atoms with Crippen LogP contribution in [0.4, 0.5) is 0 Å². The average molecular weight is 1460 g/mol. The van der Waals surface area contributed by atoms with Gasteiger partial charge in [0, 0.05) is 37.6 Å². The van der Waals surface area contributed by atoms with E-state index in [1.807, 2.05) is 0 Å². The number of aryl methyl sites for hydroxylation is 2. The second-order valence-corrected chi connectivity index (χ2v) is 33.7. The fourth-order valence-corrected chi connectivity index (χ4v) is 19.8. The van der Waals surface area contributed by atoms with Crippen LogP contribution < -0.4 is 37.9 Å². The Bertz CT molecular complexity index is 3110. The molecule has 4 aliphatic rings. The van der Waals surface area contributed by atoms with Crippen molar-refractivity contribution < 1.29 is 56.8 Å². The molecule has 99 heavy (non-hydrogen) atoms. The molecule has 1 aromatic carbocycles. The number of ether oxygens (including phenoxy) is 12. The minimum absolute atomic E-state index is 0.346. The summed E-state index contributed by atoms with van der Waals surface area (Å²) in [4.78, 5) is 8.21. The predicted octanol–water partition coefficient (Wildman–Crippen LogP) is 22.8. The molecule has 19 heteroatoms. The van der Waals surface area contributed by atoms with E-state index in [2.05, 4.69) is 81.4 Å². The van der Waals surface area contributed by atoms with Crippen LogP contribution in [0.2, 0.25) is 0 Å². The molecule has 5 aromatic heterocycles. The third-order valence-corrected chi connectivity index (χ3v) is 26.4. The van der Waals surface area contributed by atoms with Gasteiger partial charge in [0.25, 0.3) is 0 Å². The summed E-state index contributed by atoms with van der Waals surface area (Å²) in [6.07, 6.45) is 29.5. The van der Waals surface area contributed by atoms with Crippen molar-refractivity contribution >= 4 is 68.1 Å². The molecule has 0 aliphatic carbocycles. The Kier molecular flexibility index (Phi) is 31.2. The molecule has 14 nitrogen and oxygen atoms in total. The Morgan fingerprint density at radius 1 is 0.343 bits per heavy atom. The van der Waals surface area contributed by atoms with E-state index >= 15 is 0 Å². The second-order valence-electron chi connectivity index (χ2n) is 28.9. The first-order valence-corrected chi connectivity index (χ1v) is 42.9. The van der Waals surface area contributed by atoms with Gasteiger partial charge in [-0.1, -0.05) is 197 Å². The van der Waals surface area contributed by atoms with Gasteiger partial charge in [-0.15, -0.1) is 45.3 Å². The van der Waals surface area contributed by atoms with E-state index < -0.39 is 10.8 Å². The number of aromatic nitrogens is 2. The van der Waals surface area contributed by atoms with Gasteiger partial charge in [0.1, 0.15) is 63.9 Å². The topological polar surface area (TPSA) is 137 Å². The summed E-state index contributed by atoms with van der Waals surface area (Å²) < 4.78 is 94.1. The molecule has 0 bridgehead atoms. The molecule has 0 radical (unpaired) electrons. The predicted molar refractivity (Wildman–Crippen MR) is 412 cm³/mol. The summed E-state index contributed by atoms with van der Waals surface area (Å²) in [5, 5.41) is 0. The maximum absolute atomic E-state index is 7.44. The SMILES string of the molecule is CCCCCCc1sc(-c2sc(-c3ccc(-c4sc(-c5sc(CCCCCC)c6c5OCCO6)c5c4OCC(COCC(CC)CCCC)(COCC(CC)CCCC)CO5)c4nsnc34)c3c2OCC(COCC(CC)CCCC)(COCC(CC)CCCC)CO3)c2c1OCCO2. The van der Waals surface area contributed by atoms with E-state index in [1.165, 1.54) is 111 Å². The highest BCUT2D eigenvalue weighted by atomic mass is 32.1.